The molecule has 1 amide bonds. The van der Waals surface area contributed by atoms with Crippen LogP contribution in [0.15, 0.2) is 23.2 Å². The molecule has 2 aliphatic rings. The Kier molecular flexibility index (Phi) is 10.3. The number of amides is 1. The van der Waals surface area contributed by atoms with E-state index in [4.69, 9.17) is 5.73 Å². The molecule has 2 aliphatic heterocycles. The summed E-state index contributed by atoms with van der Waals surface area (Å²) in [5.74, 6) is 1.08. The third kappa shape index (κ3) is 7.24. The maximum absolute atomic E-state index is 11.3. The van der Waals surface area contributed by atoms with Crippen molar-refractivity contribution in [3.63, 3.8) is 0 Å². The van der Waals surface area contributed by atoms with Gasteiger partial charge in [0.2, 0.25) is 5.91 Å². The fourth-order valence-electron chi connectivity index (χ4n) is 4.66. The molecule has 0 spiro atoms. The largest absolute Gasteiger partial charge is 0.370 e. The van der Waals surface area contributed by atoms with Gasteiger partial charge in [-0.15, -0.1) is 24.0 Å². The van der Waals surface area contributed by atoms with Gasteiger partial charge in [0.15, 0.2) is 5.96 Å². The van der Waals surface area contributed by atoms with Gasteiger partial charge in [-0.3, -0.25) is 14.7 Å². The smallest absolute Gasteiger partial charge is 0.217 e. The third-order valence-corrected chi connectivity index (χ3v) is 6.52. The molecular weight excluding hydrogens is 503 g/mol. The molecule has 0 radical (unpaired) electrons. The highest BCUT2D eigenvalue weighted by molar-refractivity contribution is 14.0. The number of piperazine rings is 1. The first-order chi connectivity index (χ1) is 14.5. The summed E-state index contributed by atoms with van der Waals surface area (Å²) in [6.45, 7) is 12.5. The molecule has 2 fully saturated rings. The van der Waals surface area contributed by atoms with Crippen LogP contribution in [0.2, 0.25) is 0 Å². The Labute approximate surface area is 204 Å². The fourth-order valence-corrected chi connectivity index (χ4v) is 4.66. The molecule has 3 N–H and O–H groups in total. The summed E-state index contributed by atoms with van der Waals surface area (Å²) in [5.41, 5.74) is 9.53. The third-order valence-electron chi connectivity index (χ3n) is 6.52. The van der Waals surface area contributed by atoms with Crippen molar-refractivity contribution >= 4 is 41.5 Å². The molecule has 0 aromatic heterocycles. The number of aliphatic imine (C=N–C) groups is 1. The number of benzene rings is 1. The van der Waals surface area contributed by atoms with Gasteiger partial charge in [0.1, 0.15) is 0 Å². The number of carbonyl (C=O) groups is 1. The Morgan fingerprint density at radius 2 is 1.94 bits per heavy atom. The van der Waals surface area contributed by atoms with E-state index in [1.54, 1.807) is 0 Å². The van der Waals surface area contributed by atoms with E-state index in [2.05, 4.69) is 57.1 Å². The van der Waals surface area contributed by atoms with Crippen molar-refractivity contribution in [3.05, 3.63) is 29.3 Å². The number of hydrogen-bond donors (Lipinski definition) is 2. The summed E-state index contributed by atoms with van der Waals surface area (Å²) in [5, 5.41) is 3.52. The molecule has 8 heteroatoms. The first-order valence-corrected chi connectivity index (χ1v) is 11.3. The van der Waals surface area contributed by atoms with Gasteiger partial charge in [-0.1, -0.05) is 12.1 Å². The summed E-state index contributed by atoms with van der Waals surface area (Å²) in [4.78, 5) is 23.0. The normalized spacial score (nSPS) is 20.4. The Morgan fingerprint density at radius 1 is 1.19 bits per heavy atom. The van der Waals surface area contributed by atoms with Crippen LogP contribution in [0, 0.1) is 19.8 Å². The van der Waals surface area contributed by atoms with Crippen LogP contribution in [0.25, 0.3) is 0 Å². The van der Waals surface area contributed by atoms with E-state index in [1.165, 1.54) is 16.8 Å². The Morgan fingerprint density at radius 3 is 2.61 bits per heavy atom. The SMILES string of the molecule is CN=C(NCCN1CCN(c2cccc(C)c2C)CC1)N1CCCC(CC(N)=O)C1.I. The highest BCUT2D eigenvalue weighted by atomic mass is 127. The van der Waals surface area contributed by atoms with E-state index in [1.807, 2.05) is 7.05 Å². The number of nitrogens with zero attached hydrogens (tertiary/aromatic N) is 4. The number of carbonyl (C=O) groups excluding carboxylic acids is 1. The van der Waals surface area contributed by atoms with Crippen molar-refractivity contribution in [2.45, 2.75) is 33.1 Å². The molecule has 0 aliphatic carbocycles. The monoisotopic (exact) mass is 542 g/mol. The molecule has 31 heavy (non-hydrogen) atoms. The van der Waals surface area contributed by atoms with Crippen LogP contribution in [0.1, 0.15) is 30.4 Å². The number of guanidine groups is 1. The summed E-state index contributed by atoms with van der Waals surface area (Å²) in [6, 6.07) is 6.59. The van der Waals surface area contributed by atoms with Crippen molar-refractivity contribution in [1.29, 1.82) is 0 Å². The van der Waals surface area contributed by atoms with E-state index in [-0.39, 0.29) is 29.9 Å². The summed E-state index contributed by atoms with van der Waals surface area (Å²) in [7, 11) is 1.84. The highest BCUT2D eigenvalue weighted by Crippen LogP contribution is 2.24. The summed E-state index contributed by atoms with van der Waals surface area (Å²) >= 11 is 0. The zero-order chi connectivity index (χ0) is 21.5. The number of hydrogen-bond acceptors (Lipinski definition) is 4. The minimum Gasteiger partial charge on any atom is -0.370 e. The van der Waals surface area contributed by atoms with Crippen LogP contribution in [0.3, 0.4) is 0 Å². The molecule has 2 saturated heterocycles. The zero-order valence-electron chi connectivity index (χ0n) is 19.3. The van der Waals surface area contributed by atoms with Gasteiger partial charge in [0.25, 0.3) is 0 Å². The second kappa shape index (κ2) is 12.5. The lowest BCUT2D eigenvalue weighted by Gasteiger charge is -2.38. The second-order valence-corrected chi connectivity index (χ2v) is 8.65. The van der Waals surface area contributed by atoms with Crippen LogP contribution in [-0.2, 0) is 4.79 Å². The van der Waals surface area contributed by atoms with Crippen LogP contribution < -0.4 is 16.0 Å². The van der Waals surface area contributed by atoms with E-state index < -0.39 is 0 Å². The number of primary amides is 1. The van der Waals surface area contributed by atoms with Crippen LogP contribution in [0.5, 0.6) is 0 Å². The topological polar surface area (TPSA) is 77.2 Å². The van der Waals surface area contributed by atoms with Crippen molar-refractivity contribution in [2.24, 2.45) is 16.6 Å². The molecule has 7 nitrogen and oxygen atoms in total. The number of anilines is 1. The predicted octanol–water partition coefficient (Wildman–Crippen LogP) is 2.21. The van der Waals surface area contributed by atoms with Gasteiger partial charge in [0, 0.05) is 71.5 Å². The number of nitrogens with one attached hydrogen (secondary N) is 1. The molecule has 174 valence electrons. The van der Waals surface area contributed by atoms with Gasteiger partial charge >= 0.3 is 0 Å². The van der Waals surface area contributed by atoms with Crippen molar-refractivity contribution in [2.75, 3.05) is 64.3 Å². The Bertz CT molecular complexity index is 748. The standard InChI is InChI=1S/C23H38N6O.HI/c1-18-6-4-8-21(19(18)2)28-14-12-27(13-15-28)11-9-26-23(25-3)29-10-5-7-20(17-29)16-22(24)30;/h4,6,8,20H,5,7,9-17H2,1-3H3,(H2,24,30)(H,25,26);1H. The highest BCUT2D eigenvalue weighted by Gasteiger charge is 2.24. The lowest BCUT2D eigenvalue weighted by Crippen LogP contribution is -2.51. The average molecular weight is 543 g/mol. The van der Waals surface area contributed by atoms with Crippen molar-refractivity contribution < 1.29 is 4.79 Å². The van der Waals surface area contributed by atoms with Gasteiger partial charge in [-0.25, -0.2) is 0 Å². The van der Waals surface area contributed by atoms with E-state index >= 15 is 0 Å². The Hall–Kier alpha value is -1.55. The molecule has 3 rings (SSSR count). The van der Waals surface area contributed by atoms with E-state index in [9.17, 15) is 4.79 Å². The molecule has 1 atom stereocenters. The molecule has 2 heterocycles. The quantitative estimate of drug-likeness (QED) is 0.328. The Balaban J connectivity index is 0.00000341. The molecule has 1 aromatic carbocycles. The first kappa shape index (κ1) is 25.7. The lowest BCUT2D eigenvalue weighted by atomic mass is 9.95. The number of rotatable bonds is 6. The molecule has 1 aromatic rings. The predicted molar refractivity (Wildman–Crippen MR) is 139 cm³/mol. The molecule has 1 unspecified atom stereocenters. The molecular formula is C23H39IN6O. The van der Waals surface area contributed by atoms with E-state index in [0.717, 1.165) is 71.2 Å². The summed E-state index contributed by atoms with van der Waals surface area (Å²) < 4.78 is 0. The van der Waals surface area contributed by atoms with Crippen LogP contribution in [0.4, 0.5) is 5.69 Å². The maximum Gasteiger partial charge on any atom is 0.217 e. The average Bonchev–Trinajstić information content (AvgIpc) is 2.73. The number of halogens is 1. The number of likely N-dealkylation sites (tertiary alicyclic amines) is 1. The van der Waals surface area contributed by atoms with Gasteiger partial charge in [-0.05, 0) is 49.8 Å². The van der Waals surface area contributed by atoms with Gasteiger partial charge in [-0.2, -0.15) is 0 Å². The minimum absolute atomic E-state index is 0. The number of aryl methyl sites for hydroxylation is 1. The first-order valence-electron chi connectivity index (χ1n) is 11.3. The van der Waals surface area contributed by atoms with E-state index in [0.29, 0.717) is 12.3 Å². The maximum atomic E-state index is 11.3. The number of nitrogens with two attached hydrogens (primary N) is 1. The van der Waals surface area contributed by atoms with Gasteiger partial charge in [0.05, 0.1) is 0 Å². The molecule has 0 bridgehead atoms. The van der Waals surface area contributed by atoms with Crippen molar-refractivity contribution in [3.8, 4) is 0 Å². The van der Waals surface area contributed by atoms with Gasteiger partial charge < -0.3 is 20.9 Å². The minimum atomic E-state index is -0.204. The fraction of sp³-hybridized carbons (Fsp3) is 0.652. The van der Waals surface area contributed by atoms with Crippen LogP contribution >= 0.6 is 24.0 Å². The molecule has 0 saturated carbocycles. The lowest BCUT2D eigenvalue weighted by molar-refractivity contribution is -0.119. The van der Waals surface area contributed by atoms with Crippen molar-refractivity contribution in [1.82, 2.24) is 15.1 Å². The zero-order valence-corrected chi connectivity index (χ0v) is 21.6. The van der Waals surface area contributed by atoms with Crippen LogP contribution in [-0.4, -0.2) is 81.1 Å². The second-order valence-electron chi connectivity index (χ2n) is 8.65. The summed E-state index contributed by atoms with van der Waals surface area (Å²) in [6.07, 6.45) is 2.62. The number of piperidine rings is 1.